The average molecular weight is 795 g/mol. The van der Waals surface area contributed by atoms with Crippen LogP contribution in [0.3, 0.4) is 0 Å². The SMILES string of the molecule is CCCC(=O)OC1CC2CC(O)CC(=O)OC(C(C)O)CC3CC(=CC(=O)OC)CC(O)(O3)C(C)(C)C=CC3CC(=CC(=O)OC)CC(CC(O)(O2)C1(C)C)O3. The summed E-state index contributed by atoms with van der Waals surface area (Å²) in [5.41, 5.74) is -1.15. The molecule has 316 valence electrons. The summed E-state index contributed by atoms with van der Waals surface area (Å²) in [4.78, 5) is 50.9. The van der Waals surface area contributed by atoms with Crippen molar-refractivity contribution < 1.29 is 72.8 Å². The molecule has 0 aromatic heterocycles. The van der Waals surface area contributed by atoms with Gasteiger partial charge in [-0.1, -0.05) is 57.9 Å². The summed E-state index contributed by atoms with van der Waals surface area (Å²) in [6.45, 7) is 10.2. The molecule has 56 heavy (non-hydrogen) atoms. The Morgan fingerprint density at radius 1 is 0.893 bits per heavy atom. The molecule has 10 atom stereocenters. The van der Waals surface area contributed by atoms with Gasteiger partial charge in [-0.3, -0.25) is 9.59 Å². The zero-order chi connectivity index (χ0) is 41.6. The van der Waals surface area contributed by atoms with Crippen LogP contribution >= 0.6 is 0 Å². The van der Waals surface area contributed by atoms with E-state index in [0.717, 1.165) is 0 Å². The second-order valence-corrected chi connectivity index (χ2v) is 16.9. The van der Waals surface area contributed by atoms with Gasteiger partial charge in [-0.05, 0) is 32.6 Å². The molecule has 4 heterocycles. The number of carbonyl (C=O) groups excluding carboxylic acids is 4. The highest BCUT2D eigenvalue weighted by Gasteiger charge is 2.58. The number of hydrogen-bond donors (Lipinski definition) is 4. The fourth-order valence-corrected chi connectivity index (χ4v) is 7.95. The molecular weight excluding hydrogens is 732 g/mol. The molecule has 15 nitrogen and oxygen atoms in total. The lowest BCUT2D eigenvalue weighted by Crippen LogP contribution is -2.62. The van der Waals surface area contributed by atoms with Crippen LogP contribution in [0.1, 0.15) is 112 Å². The molecule has 0 spiro atoms. The normalized spacial score (nSPS) is 37.1. The van der Waals surface area contributed by atoms with Gasteiger partial charge in [-0.15, -0.1) is 0 Å². The van der Waals surface area contributed by atoms with Gasteiger partial charge in [0.15, 0.2) is 11.6 Å². The maximum atomic E-state index is 13.3. The van der Waals surface area contributed by atoms with E-state index >= 15 is 0 Å². The third kappa shape index (κ3) is 11.3. The third-order valence-corrected chi connectivity index (χ3v) is 11.6. The molecule has 0 aromatic carbocycles. The summed E-state index contributed by atoms with van der Waals surface area (Å²) >= 11 is 0. The second-order valence-electron chi connectivity index (χ2n) is 16.9. The van der Waals surface area contributed by atoms with Gasteiger partial charge < -0.3 is 53.6 Å². The molecule has 4 aliphatic rings. The quantitative estimate of drug-likeness (QED) is 0.131. The Balaban J connectivity index is 1.80. The van der Waals surface area contributed by atoms with Crippen molar-refractivity contribution in [1.82, 2.24) is 0 Å². The molecule has 3 fully saturated rings. The van der Waals surface area contributed by atoms with Gasteiger partial charge in [-0.25, -0.2) is 9.59 Å². The topological polar surface area (TPSA) is 214 Å². The van der Waals surface area contributed by atoms with Crippen molar-refractivity contribution in [3.05, 3.63) is 35.5 Å². The molecule has 0 aliphatic carbocycles. The van der Waals surface area contributed by atoms with E-state index in [9.17, 15) is 39.6 Å². The number of fused-ring (bicyclic) bond motifs is 6. The number of aliphatic hydroxyl groups excluding tert-OH is 2. The maximum Gasteiger partial charge on any atom is 0.330 e. The molecule has 0 radical (unpaired) electrons. The molecular formula is C41H62O15. The summed E-state index contributed by atoms with van der Waals surface area (Å²) in [5.74, 6) is -6.35. The number of hydrogen-bond acceptors (Lipinski definition) is 15. The molecule has 10 unspecified atom stereocenters. The number of methoxy groups -OCH3 is 2. The van der Waals surface area contributed by atoms with Crippen molar-refractivity contribution in [2.75, 3.05) is 14.2 Å². The van der Waals surface area contributed by atoms with Crippen LogP contribution in [0, 0.1) is 10.8 Å². The van der Waals surface area contributed by atoms with Crippen molar-refractivity contribution in [3.8, 4) is 0 Å². The Labute approximate surface area is 329 Å². The van der Waals surface area contributed by atoms with Crippen molar-refractivity contribution in [3.63, 3.8) is 0 Å². The highest BCUT2D eigenvalue weighted by molar-refractivity contribution is 5.83. The van der Waals surface area contributed by atoms with E-state index in [-0.39, 0.29) is 57.8 Å². The predicted molar refractivity (Wildman–Crippen MR) is 199 cm³/mol. The van der Waals surface area contributed by atoms with Crippen molar-refractivity contribution in [2.45, 2.75) is 173 Å². The average Bonchev–Trinajstić information content (AvgIpc) is 3.08. The molecule has 0 amide bonds. The van der Waals surface area contributed by atoms with Crippen LogP contribution < -0.4 is 0 Å². The predicted octanol–water partition coefficient (Wildman–Crippen LogP) is 3.63. The fourth-order valence-electron chi connectivity index (χ4n) is 7.95. The molecule has 0 saturated carbocycles. The Hall–Kier alpha value is -3.18. The first kappa shape index (κ1) is 45.5. The zero-order valence-corrected chi connectivity index (χ0v) is 34.0. The smallest absolute Gasteiger partial charge is 0.330 e. The van der Waals surface area contributed by atoms with E-state index in [1.165, 1.54) is 33.3 Å². The van der Waals surface area contributed by atoms with Crippen LogP contribution in [0.25, 0.3) is 0 Å². The molecule has 4 N–H and O–H groups in total. The zero-order valence-electron chi connectivity index (χ0n) is 34.0. The van der Waals surface area contributed by atoms with Gasteiger partial charge in [0.1, 0.15) is 12.2 Å². The third-order valence-electron chi connectivity index (χ3n) is 11.6. The fraction of sp³-hybridized carbons (Fsp3) is 0.756. The number of cyclic esters (lactones) is 1. The number of carbonyl (C=O) groups is 4. The van der Waals surface area contributed by atoms with E-state index in [1.807, 2.05) is 6.92 Å². The molecule has 3 saturated heterocycles. The van der Waals surface area contributed by atoms with Crippen LogP contribution in [0.2, 0.25) is 0 Å². The lowest BCUT2D eigenvalue weighted by molar-refractivity contribution is -0.348. The van der Waals surface area contributed by atoms with Gasteiger partial charge in [0.2, 0.25) is 0 Å². The van der Waals surface area contributed by atoms with Crippen LogP contribution in [0.15, 0.2) is 35.5 Å². The van der Waals surface area contributed by atoms with Gasteiger partial charge in [0.25, 0.3) is 0 Å². The Morgan fingerprint density at radius 3 is 2.14 bits per heavy atom. The monoisotopic (exact) mass is 794 g/mol. The van der Waals surface area contributed by atoms with Crippen molar-refractivity contribution >= 4 is 23.9 Å². The van der Waals surface area contributed by atoms with E-state index in [0.29, 0.717) is 17.6 Å². The van der Waals surface area contributed by atoms with Crippen molar-refractivity contribution in [2.24, 2.45) is 10.8 Å². The first-order valence-corrected chi connectivity index (χ1v) is 19.6. The van der Waals surface area contributed by atoms with E-state index in [2.05, 4.69) is 0 Å². The van der Waals surface area contributed by atoms with E-state index < -0.39 is 102 Å². The number of esters is 4. The largest absolute Gasteiger partial charge is 0.466 e. The minimum absolute atomic E-state index is 0.0616. The Kier molecular flexibility index (Phi) is 15.1. The standard InChI is InChI=1S/C41H62O15/c1-9-10-34(44)54-33-21-30-18-27(43)19-37(47)53-32(24(2)42)20-29-15-26(17-36(46)51-8)22-40(48,55-29)38(3,4)12-11-28-13-25(16-35(45)50-7)14-31(52-28)23-41(49,56-30)39(33,5)6/h11-12,16-17,24,27-33,42-43,48-49H,9-10,13-15,18-23H2,1-8H3. The highest BCUT2D eigenvalue weighted by Crippen LogP contribution is 2.50. The lowest BCUT2D eigenvalue weighted by atomic mass is 9.70. The summed E-state index contributed by atoms with van der Waals surface area (Å²) in [6.07, 6.45) is -0.748. The number of ether oxygens (including phenoxy) is 7. The first-order valence-electron chi connectivity index (χ1n) is 19.6. The van der Waals surface area contributed by atoms with Gasteiger partial charge >= 0.3 is 23.9 Å². The lowest BCUT2D eigenvalue weighted by Gasteiger charge is -2.53. The first-order chi connectivity index (χ1) is 26.1. The van der Waals surface area contributed by atoms with E-state index in [4.69, 9.17) is 33.2 Å². The molecule has 4 aliphatic heterocycles. The maximum absolute atomic E-state index is 13.3. The summed E-state index contributed by atoms with van der Waals surface area (Å²) < 4.78 is 40.7. The van der Waals surface area contributed by atoms with Gasteiger partial charge in [0.05, 0.1) is 62.7 Å². The summed E-state index contributed by atoms with van der Waals surface area (Å²) in [7, 11) is 2.51. The van der Waals surface area contributed by atoms with Gasteiger partial charge in [0, 0.05) is 56.1 Å². The molecule has 0 aromatic rings. The Bertz CT molecular complexity index is 1510. The van der Waals surface area contributed by atoms with Gasteiger partial charge in [-0.2, -0.15) is 0 Å². The molecule has 4 rings (SSSR count). The minimum atomic E-state index is -1.99. The molecule has 6 bridgehead atoms. The van der Waals surface area contributed by atoms with Crippen LogP contribution in [-0.2, 0) is 52.3 Å². The molecule has 15 heteroatoms. The number of aliphatic hydroxyl groups is 4. The Morgan fingerprint density at radius 2 is 1.52 bits per heavy atom. The van der Waals surface area contributed by atoms with Crippen LogP contribution in [-0.4, -0.2) is 119 Å². The summed E-state index contributed by atoms with van der Waals surface area (Å²) in [5, 5.41) is 46.6. The highest BCUT2D eigenvalue weighted by atomic mass is 16.6. The summed E-state index contributed by atoms with van der Waals surface area (Å²) in [6, 6.07) is 0. The van der Waals surface area contributed by atoms with E-state index in [1.54, 1.807) is 39.8 Å². The van der Waals surface area contributed by atoms with Crippen LogP contribution in [0.4, 0.5) is 0 Å². The number of rotatable bonds is 6. The minimum Gasteiger partial charge on any atom is -0.466 e. The van der Waals surface area contributed by atoms with Crippen molar-refractivity contribution in [1.29, 1.82) is 0 Å². The van der Waals surface area contributed by atoms with Crippen LogP contribution in [0.5, 0.6) is 0 Å². The second kappa shape index (κ2) is 18.6.